The van der Waals surface area contributed by atoms with E-state index in [1.165, 1.54) is 5.57 Å². The number of hydrogen-bond donors (Lipinski definition) is 0. The largest absolute Gasteiger partial charge is 0.355 e. The molecule has 0 bridgehead atoms. The Balaban J connectivity index is 1.66. The lowest BCUT2D eigenvalue weighted by molar-refractivity contribution is 0.676. The third-order valence-electron chi connectivity index (χ3n) is 3.98. The number of nitrogens with zero attached hydrogens (tertiary/aromatic N) is 4. The zero-order valence-corrected chi connectivity index (χ0v) is 13.7. The lowest BCUT2D eigenvalue weighted by atomic mass is 10.0. The highest BCUT2D eigenvalue weighted by Crippen LogP contribution is 2.24. The SMILES string of the molecule is Cc1ccc(C#N)c(N2CCC(=CC#Cc3ccccn3)CC2)n1. The zero-order chi connectivity index (χ0) is 16.8. The Morgan fingerprint density at radius 1 is 1.17 bits per heavy atom. The molecule has 2 aromatic heterocycles. The van der Waals surface area contributed by atoms with Gasteiger partial charge in [-0.2, -0.15) is 5.26 Å². The summed E-state index contributed by atoms with van der Waals surface area (Å²) >= 11 is 0. The van der Waals surface area contributed by atoms with Crippen molar-refractivity contribution >= 4 is 5.82 Å². The molecule has 0 aromatic carbocycles. The highest BCUT2D eigenvalue weighted by atomic mass is 15.2. The molecule has 0 N–H and O–H groups in total. The molecule has 3 rings (SSSR count). The molecular formula is C20H18N4. The van der Waals surface area contributed by atoms with Crippen LogP contribution in [-0.4, -0.2) is 23.1 Å². The smallest absolute Gasteiger partial charge is 0.146 e. The Morgan fingerprint density at radius 3 is 2.71 bits per heavy atom. The van der Waals surface area contributed by atoms with Crippen LogP contribution in [0.15, 0.2) is 48.2 Å². The molecule has 0 amide bonds. The average Bonchev–Trinajstić information content (AvgIpc) is 2.63. The summed E-state index contributed by atoms with van der Waals surface area (Å²) in [5, 5.41) is 9.26. The van der Waals surface area contributed by atoms with Gasteiger partial charge in [-0.3, -0.25) is 0 Å². The summed E-state index contributed by atoms with van der Waals surface area (Å²) in [5.74, 6) is 6.95. The average molecular weight is 314 g/mol. The number of pyridine rings is 2. The molecule has 1 fully saturated rings. The van der Waals surface area contributed by atoms with Crippen molar-refractivity contribution in [2.24, 2.45) is 0 Å². The molecule has 1 aliphatic rings. The van der Waals surface area contributed by atoms with Crippen LogP contribution in [0.3, 0.4) is 0 Å². The fourth-order valence-electron chi connectivity index (χ4n) is 2.67. The molecule has 1 saturated heterocycles. The monoisotopic (exact) mass is 314 g/mol. The zero-order valence-electron chi connectivity index (χ0n) is 13.7. The summed E-state index contributed by atoms with van der Waals surface area (Å²) in [6.07, 6.45) is 5.63. The Morgan fingerprint density at radius 2 is 2.00 bits per heavy atom. The normalized spacial score (nSPS) is 13.7. The number of rotatable bonds is 1. The van der Waals surface area contributed by atoms with Crippen LogP contribution in [-0.2, 0) is 0 Å². The van der Waals surface area contributed by atoms with Gasteiger partial charge in [0.25, 0.3) is 0 Å². The maximum atomic E-state index is 9.26. The Bertz CT molecular complexity index is 841. The maximum Gasteiger partial charge on any atom is 0.146 e. The molecule has 2 aromatic rings. The number of piperidine rings is 1. The highest BCUT2D eigenvalue weighted by molar-refractivity contribution is 5.55. The van der Waals surface area contributed by atoms with Gasteiger partial charge in [-0.15, -0.1) is 0 Å². The molecule has 0 saturated carbocycles. The van der Waals surface area contributed by atoms with Gasteiger partial charge in [0.05, 0.1) is 5.56 Å². The molecule has 0 radical (unpaired) electrons. The lowest BCUT2D eigenvalue weighted by Crippen LogP contribution is -2.32. The fraction of sp³-hybridized carbons (Fsp3) is 0.250. The molecule has 0 spiro atoms. The van der Waals surface area contributed by atoms with E-state index in [1.54, 1.807) is 6.20 Å². The first-order valence-corrected chi connectivity index (χ1v) is 7.99. The van der Waals surface area contributed by atoms with Crippen molar-refractivity contribution in [1.29, 1.82) is 5.26 Å². The Hall–Kier alpha value is -3.11. The Kier molecular flexibility index (Phi) is 4.89. The standard InChI is InChI=1S/C20H18N4/c1-16-8-9-18(15-21)20(23-16)24-13-10-17(11-14-24)5-4-7-19-6-2-3-12-22-19/h2-3,5-6,8-9,12H,10-11,13-14H2,1H3. The minimum Gasteiger partial charge on any atom is -0.355 e. The van der Waals surface area contributed by atoms with Gasteiger partial charge in [0.1, 0.15) is 17.6 Å². The molecule has 0 unspecified atom stereocenters. The summed E-state index contributed by atoms with van der Waals surface area (Å²) in [4.78, 5) is 10.9. The molecular weight excluding hydrogens is 296 g/mol. The number of nitriles is 1. The minimum atomic E-state index is 0.642. The van der Waals surface area contributed by atoms with Gasteiger partial charge < -0.3 is 4.90 Å². The predicted molar refractivity (Wildman–Crippen MR) is 94.3 cm³/mol. The van der Waals surface area contributed by atoms with Crippen LogP contribution in [0.1, 0.15) is 29.8 Å². The first-order valence-electron chi connectivity index (χ1n) is 7.99. The molecule has 0 atom stereocenters. The topological polar surface area (TPSA) is 52.8 Å². The van der Waals surface area contributed by atoms with Gasteiger partial charge in [-0.1, -0.05) is 17.6 Å². The molecule has 4 nitrogen and oxygen atoms in total. The number of anilines is 1. The number of aromatic nitrogens is 2. The first kappa shape index (κ1) is 15.8. The van der Waals surface area contributed by atoms with Gasteiger partial charge in [0.2, 0.25) is 0 Å². The van der Waals surface area contributed by atoms with E-state index < -0.39 is 0 Å². The van der Waals surface area contributed by atoms with E-state index in [-0.39, 0.29) is 0 Å². The summed E-state index contributed by atoms with van der Waals surface area (Å²) < 4.78 is 0. The first-order chi connectivity index (χ1) is 11.8. The van der Waals surface area contributed by atoms with Crippen LogP contribution in [0.2, 0.25) is 0 Å². The Labute approximate surface area is 142 Å². The van der Waals surface area contributed by atoms with Crippen molar-refractivity contribution in [2.75, 3.05) is 18.0 Å². The van der Waals surface area contributed by atoms with Crippen LogP contribution in [0.5, 0.6) is 0 Å². The quantitative estimate of drug-likeness (QED) is 0.758. The van der Waals surface area contributed by atoms with Crippen molar-refractivity contribution in [3.63, 3.8) is 0 Å². The second kappa shape index (κ2) is 7.44. The summed E-state index contributed by atoms with van der Waals surface area (Å²) in [5.41, 5.74) is 3.70. The van der Waals surface area contributed by atoms with Crippen molar-refractivity contribution in [3.05, 3.63) is 65.1 Å². The second-order valence-corrected chi connectivity index (χ2v) is 5.71. The number of allylic oxidation sites excluding steroid dienone is 1. The third kappa shape index (κ3) is 3.80. The predicted octanol–water partition coefficient (Wildman–Crippen LogP) is 3.24. The van der Waals surface area contributed by atoms with Gasteiger partial charge in [-0.05, 0) is 56.0 Å². The number of aryl methyl sites for hydroxylation is 1. The molecule has 118 valence electrons. The van der Waals surface area contributed by atoms with E-state index >= 15 is 0 Å². The summed E-state index contributed by atoms with van der Waals surface area (Å²) in [7, 11) is 0. The van der Waals surface area contributed by atoms with E-state index in [0.717, 1.165) is 43.1 Å². The van der Waals surface area contributed by atoms with Crippen LogP contribution in [0, 0.1) is 30.1 Å². The van der Waals surface area contributed by atoms with E-state index in [4.69, 9.17) is 0 Å². The van der Waals surface area contributed by atoms with Gasteiger partial charge >= 0.3 is 0 Å². The van der Waals surface area contributed by atoms with Crippen LogP contribution in [0.4, 0.5) is 5.82 Å². The van der Waals surface area contributed by atoms with Crippen LogP contribution >= 0.6 is 0 Å². The summed E-state index contributed by atoms with van der Waals surface area (Å²) in [6, 6.07) is 11.7. The second-order valence-electron chi connectivity index (χ2n) is 5.71. The van der Waals surface area contributed by atoms with Gasteiger partial charge in [0, 0.05) is 25.0 Å². The minimum absolute atomic E-state index is 0.642. The summed E-state index contributed by atoms with van der Waals surface area (Å²) in [6.45, 7) is 3.68. The van der Waals surface area contributed by atoms with Crippen molar-refractivity contribution in [2.45, 2.75) is 19.8 Å². The molecule has 4 heteroatoms. The molecule has 3 heterocycles. The highest BCUT2D eigenvalue weighted by Gasteiger charge is 2.18. The van der Waals surface area contributed by atoms with E-state index in [9.17, 15) is 5.26 Å². The lowest BCUT2D eigenvalue weighted by Gasteiger charge is -2.30. The van der Waals surface area contributed by atoms with Crippen molar-refractivity contribution in [1.82, 2.24) is 9.97 Å². The van der Waals surface area contributed by atoms with E-state index in [1.807, 2.05) is 43.3 Å². The number of hydrogen-bond acceptors (Lipinski definition) is 4. The van der Waals surface area contributed by atoms with Crippen molar-refractivity contribution < 1.29 is 0 Å². The molecule has 24 heavy (non-hydrogen) atoms. The van der Waals surface area contributed by atoms with E-state index in [0.29, 0.717) is 5.56 Å². The van der Waals surface area contributed by atoms with E-state index in [2.05, 4.69) is 32.8 Å². The molecule has 1 aliphatic heterocycles. The van der Waals surface area contributed by atoms with Gasteiger partial charge in [-0.25, -0.2) is 9.97 Å². The fourth-order valence-corrected chi connectivity index (χ4v) is 2.67. The molecule has 0 aliphatic carbocycles. The third-order valence-corrected chi connectivity index (χ3v) is 3.98. The van der Waals surface area contributed by atoms with Crippen LogP contribution in [0.25, 0.3) is 0 Å². The van der Waals surface area contributed by atoms with Gasteiger partial charge in [0.15, 0.2) is 0 Å². The van der Waals surface area contributed by atoms with Crippen molar-refractivity contribution in [3.8, 4) is 17.9 Å². The maximum absolute atomic E-state index is 9.26. The van der Waals surface area contributed by atoms with Crippen LogP contribution < -0.4 is 4.90 Å².